The SMILES string of the molecule is CC(NCc1c(F)cccc1Cl)c1ccc(S(=O)(=O)N(C)C)cc1. The third-order valence-electron chi connectivity index (χ3n) is 3.81. The summed E-state index contributed by atoms with van der Waals surface area (Å²) in [5.74, 6) is -0.352. The average Bonchev–Trinajstić information content (AvgIpc) is 2.54. The standard InChI is InChI=1S/C17H20ClFN2O2S/c1-12(20-11-15-16(18)5-4-6-17(15)19)13-7-9-14(10-8-13)24(22,23)21(2)3/h4-10,12,20H,11H2,1-3H3. The second kappa shape index (κ2) is 7.61. The molecule has 4 nitrogen and oxygen atoms in total. The lowest BCUT2D eigenvalue weighted by Gasteiger charge is -2.17. The fourth-order valence-electron chi connectivity index (χ4n) is 2.21. The van der Waals surface area contributed by atoms with E-state index in [-0.39, 0.29) is 23.3 Å². The lowest BCUT2D eigenvalue weighted by Crippen LogP contribution is -2.22. The third kappa shape index (κ3) is 4.13. The van der Waals surface area contributed by atoms with Crippen LogP contribution in [-0.2, 0) is 16.6 Å². The van der Waals surface area contributed by atoms with Crippen LogP contribution < -0.4 is 5.32 Å². The monoisotopic (exact) mass is 370 g/mol. The molecule has 7 heteroatoms. The smallest absolute Gasteiger partial charge is 0.242 e. The molecular weight excluding hydrogens is 351 g/mol. The molecule has 0 aliphatic rings. The van der Waals surface area contributed by atoms with Gasteiger partial charge in [-0.25, -0.2) is 17.1 Å². The first-order valence-corrected chi connectivity index (χ1v) is 9.24. The molecule has 0 spiro atoms. The van der Waals surface area contributed by atoms with E-state index >= 15 is 0 Å². The van der Waals surface area contributed by atoms with Gasteiger partial charge in [0.1, 0.15) is 5.82 Å². The Balaban J connectivity index is 2.10. The summed E-state index contributed by atoms with van der Waals surface area (Å²) in [5.41, 5.74) is 1.32. The van der Waals surface area contributed by atoms with Crippen LogP contribution in [0.1, 0.15) is 24.1 Å². The van der Waals surface area contributed by atoms with Crippen molar-refractivity contribution in [1.29, 1.82) is 0 Å². The Morgan fingerprint density at radius 3 is 2.33 bits per heavy atom. The molecule has 0 amide bonds. The van der Waals surface area contributed by atoms with E-state index in [0.29, 0.717) is 10.6 Å². The van der Waals surface area contributed by atoms with Gasteiger partial charge in [0.25, 0.3) is 0 Å². The number of hydrogen-bond donors (Lipinski definition) is 1. The zero-order valence-electron chi connectivity index (χ0n) is 13.8. The summed E-state index contributed by atoms with van der Waals surface area (Å²) in [6.07, 6.45) is 0. The highest BCUT2D eigenvalue weighted by Gasteiger charge is 2.17. The third-order valence-corrected chi connectivity index (χ3v) is 5.99. The van der Waals surface area contributed by atoms with Crippen molar-refractivity contribution >= 4 is 21.6 Å². The first-order chi connectivity index (χ1) is 11.2. The Bertz CT molecular complexity index is 788. The lowest BCUT2D eigenvalue weighted by molar-refractivity contribution is 0.520. The number of nitrogens with zero attached hydrogens (tertiary/aromatic N) is 1. The van der Waals surface area contributed by atoms with Crippen LogP contribution in [0, 0.1) is 5.82 Å². The second-order valence-electron chi connectivity index (χ2n) is 5.66. The minimum atomic E-state index is -3.44. The number of halogens is 2. The van der Waals surface area contributed by atoms with Crippen LogP contribution in [-0.4, -0.2) is 26.8 Å². The van der Waals surface area contributed by atoms with Gasteiger partial charge < -0.3 is 5.32 Å². The molecule has 0 saturated carbocycles. The van der Waals surface area contributed by atoms with Crippen molar-refractivity contribution < 1.29 is 12.8 Å². The molecule has 0 aliphatic heterocycles. The van der Waals surface area contributed by atoms with Gasteiger partial charge in [-0.05, 0) is 36.8 Å². The quantitative estimate of drug-likeness (QED) is 0.845. The summed E-state index contributed by atoms with van der Waals surface area (Å²) in [6, 6.07) is 11.1. The van der Waals surface area contributed by atoms with Crippen LogP contribution in [0.25, 0.3) is 0 Å². The number of nitrogens with one attached hydrogen (secondary N) is 1. The van der Waals surface area contributed by atoms with Crippen molar-refractivity contribution in [2.75, 3.05) is 14.1 Å². The molecule has 1 atom stereocenters. The van der Waals surface area contributed by atoms with Gasteiger partial charge >= 0.3 is 0 Å². The summed E-state index contributed by atoms with van der Waals surface area (Å²) >= 11 is 6.01. The Hall–Kier alpha value is -1.47. The van der Waals surface area contributed by atoms with E-state index in [1.165, 1.54) is 24.5 Å². The van der Waals surface area contributed by atoms with E-state index in [1.54, 1.807) is 36.4 Å². The van der Waals surface area contributed by atoms with Crippen LogP contribution >= 0.6 is 11.6 Å². The molecule has 0 aliphatic carbocycles. The first kappa shape index (κ1) is 18.9. The molecule has 0 fully saturated rings. The number of rotatable bonds is 6. The van der Waals surface area contributed by atoms with Crippen LogP contribution in [0.4, 0.5) is 4.39 Å². The first-order valence-electron chi connectivity index (χ1n) is 7.42. The summed E-state index contributed by atoms with van der Waals surface area (Å²) < 4.78 is 39.0. The topological polar surface area (TPSA) is 49.4 Å². The largest absolute Gasteiger partial charge is 0.306 e. The lowest BCUT2D eigenvalue weighted by atomic mass is 10.1. The van der Waals surface area contributed by atoms with Crippen molar-refractivity contribution in [3.8, 4) is 0 Å². The zero-order valence-corrected chi connectivity index (χ0v) is 15.3. The van der Waals surface area contributed by atoms with Crippen LogP contribution in [0.2, 0.25) is 5.02 Å². The van der Waals surface area contributed by atoms with Gasteiger partial charge in [0.2, 0.25) is 10.0 Å². The molecule has 24 heavy (non-hydrogen) atoms. The van der Waals surface area contributed by atoms with Gasteiger partial charge in [-0.3, -0.25) is 0 Å². The molecule has 2 aromatic rings. The summed E-state index contributed by atoms with van der Waals surface area (Å²) in [4.78, 5) is 0.237. The Labute approximate surface area is 147 Å². The second-order valence-corrected chi connectivity index (χ2v) is 8.22. The van der Waals surface area contributed by atoms with Crippen molar-refractivity contribution in [3.63, 3.8) is 0 Å². The molecule has 0 radical (unpaired) electrons. The minimum Gasteiger partial charge on any atom is -0.306 e. The van der Waals surface area contributed by atoms with Crippen molar-refractivity contribution in [3.05, 3.63) is 64.4 Å². The van der Waals surface area contributed by atoms with Crippen molar-refractivity contribution in [2.45, 2.75) is 24.4 Å². The fraction of sp³-hybridized carbons (Fsp3) is 0.294. The van der Waals surface area contributed by atoms with E-state index in [9.17, 15) is 12.8 Å². The highest BCUT2D eigenvalue weighted by molar-refractivity contribution is 7.89. The number of benzene rings is 2. The molecule has 1 N–H and O–H groups in total. The van der Waals surface area contributed by atoms with E-state index in [2.05, 4.69) is 5.32 Å². The molecule has 130 valence electrons. The molecule has 2 rings (SSSR count). The highest BCUT2D eigenvalue weighted by atomic mass is 35.5. The highest BCUT2D eigenvalue weighted by Crippen LogP contribution is 2.21. The van der Waals surface area contributed by atoms with E-state index in [0.717, 1.165) is 5.56 Å². The maximum atomic E-state index is 13.8. The van der Waals surface area contributed by atoms with Gasteiger partial charge in [-0.2, -0.15) is 0 Å². The molecule has 2 aromatic carbocycles. The predicted octanol–water partition coefficient (Wildman–Crippen LogP) is 3.58. The van der Waals surface area contributed by atoms with Gasteiger partial charge in [0.05, 0.1) is 4.90 Å². The predicted molar refractivity (Wildman–Crippen MR) is 94.0 cm³/mol. The Morgan fingerprint density at radius 1 is 1.17 bits per heavy atom. The van der Waals surface area contributed by atoms with Gasteiger partial charge in [0.15, 0.2) is 0 Å². The molecule has 0 heterocycles. The maximum absolute atomic E-state index is 13.8. The van der Waals surface area contributed by atoms with E-state index < -0.39 is 10.0 Å². The Kier molecular flexibility index (Phi) is 5.98. The van der Waals surface area contributed by atoms with E-state index in [1.807, 2.05) is 6.92 Å². The average molecular weight is 371 g/mol. The maximum Gasteiger partial charge on any atom is 0.242 e. The summed E-state index contributed by atoms with van der Waals surface area (Å²) in [6.45, 7) is 2.20. The van der Waals surface area contributed by atoms with Crippen LogP contribution in [0.5, 0.6) is 0 Å². The zero-order chi connectivity index (χ0) is 17.9. The van der Waals surface area contributed by atoms with Crippen LogP contribution in [0.15, 0.2) is 47.4 Å². The number of sulfonamides is 1. The fourth-order valence-corrected chi connectivity index (χ4v) is 3.34. The molecule has 0 aromatic heterocycles. The van der Waals surface area contributed by atoms with Crippen LogP contribution in [0.3, 0.4) is 0 Å². The number of hydrogen-bond acceptors (Lipinski definition) is 3. The Morgan fingerprint density at radius 2 is 1.79 bits per heavy atom. The van der Waals surface area contributed by atoms with Crippen molar-refractivity contribution in [2.24, 2.45) is 0 Å². The van der Waals surface area contributed by atoms with Gasteiger partial charge in [-0.1, -0.05) is 29.8 Å². The van der Waals surface area contributed by atoms with Crippen molar-refractivity contribution in [1.82, 2.24) is 9.62 Å². The molecule has 1 unspecified atom stereocenters. The normalized spacial score (nSPS) is 13.2. The summed E-state index contributed by atoms with van der Waals surface area (Å²) in [7, 11) is -0.457. The van der Waals surface area contributed by atoms with Gasteiger partial charge in [-0.15, -0.1) is 0 Å². The minimum absolute atomic E-state index is 0.0863. The molecule has 0 saturated heterocycles. The summed E-state index contributed by atoms with van der Waals surface area (Å²) in [5, 5.41) is 3.57. The van der Waals surface area contributed by atoms with E-state index in [4.69, 9.17) is 11.6 Å². The molecule has 0 bridgehead atoms. The molecular formula is C17H20ClFN2O2S. The van der Waals surface area contributed by atoms with Gasteiger partial charge in [0, 0.05) is 37.3 Å².